The van der Waals surface area contributed by atoms with Crippen LogP contribution in [-0.2, 0) is 4.79 Å². The van der Waals surface area contributed by atoms with Crippen molar-refractivity contribution in [1.82, 2.24) is 5.32 Å². The van der Waals surface area contributed by atoms with E-state index in [0.717, 1.165) is 13.1 Å². The number of carbonyl (C=O) groups is 1. The number of hydrogen-bond donors (Lipinski definition) is 1. The van der Waals surface area contributed by atoms with Crippen LogP contribution in [0.4, 0.5) is 5.69 Å². The minimum atomic E-state index is 0.115. The van der Waals surface area contributed by atoms with Gasteiger partial charge in [0.05, 0.1) is 6.54 Å². The zero-order valence-electron chi connectivity index (χ0n) is 9.21. The van der Waals surface area contributed by atoms with Crippen LogP contribution >= 0.6 is 0 Å². The number of piperazine rings is 1. The second-order valence-electron chi connectivity index (χ2n) is 4.01. The number of amides is 1. The molecular formula is C12H16N2O. The van der Waals surface area contributed by atoms with Gasteiger partial charge in [-0.05, 0) is 25.0 Å². The third-order valence-electron chi connectivity index (χ3n) is 2.79. The molecule has 1 saturated heterocycles. The Labute approximate surface area is 90.1 Å². The maximum Gasteiger partial charge on any atom is 0.239 e. The van der Waals surface area contributed by atoms with Crippen molar-refractivity contribution in [3.05, 3.63) is 29.3 Å². The monoisotopic (exact) mass is 204 g/mol. The summed E-state index contributed by atoms with van der Waals surface area (Å²) in [6, 6.07) is 6.24. The van der Waals surface area contributed by atoms with Crippen LogP contribution in [0.15, 0.2) is 18.2 Å². The molecule has 3 nitrogen and oxygen atoms in total. The van der Waals surface area contributed by atoms with Crippen molar-refractivity contribution in [1.29, 1.82) is 0 Å². The fourth-order valence-corrected chi connectivity index (χ4v) is 2.13. The minimum absolute atomic E-state index is 0.115. The molecule has 80 valence electrons. The highest BCUT2D eigenvalue weighted by Crippen LogP contribution is 2.24. The van der Waals surface area contributed by atoms with Crippen LogP contribution in [0.5, 0.6) is 0 Å². The maximum atomic E-state index is 11.3. The van der Waals surface area contributed by atoms with E-state index >= 15 is 0 Å². The lowest BCUT2D eigenvalue weighted by Crippen LogP contribution is -2.48. The van der Waals surface area contributed by atoms with Gasteiger partial charge >= 0.3 is 0 Å². The fourth-order valence-electron chi connectivity index (χ4n) is 2.13. The van der Waals surface area contributed by atoms with Gasteiger partial charge in [-0.25, -0.2) is 0 Å². The van der Waals surface area contributed by atoms with Crippen molar-refractivity contribution in [3.8, 4) is 0 Å². The molecule has 0 saturated carbocycles. The zero-order valence-corrected chi connectivity index (χ0v) is 9.21. The van der Waals surface area contributed by atoms with Crippen LogP contribution in [0, 0.1) is 13.8 Å². The Balaban J connectivity index is 2.32. The van der Waals surface area contributed by atoms with Crippen molar-refractivity contribution < 1.29 is 4.79 Å². The normalized spacial score (nSPS) is 16.4. The molecule has 0 atom stereocenters. The molecule has 1 aromatic carbocycles. The number of carbonyl (C=O) groups excluding carboxylic acids is 1. The maximum absolute atomic E-state index is 11.3. The molecule has 1 aromatic rings. The molecule has 15 heavy (non-hydrogen) atoms. The van der Waals surface area contributed by atoms with Gasteiger partial charge in [0.2, 0.25) is 5.91 Å². The average molecular weight is 204 g/mol. The molecule has 0 aliphatic carbocycles. The van der Waals surface area contributed by atoms with E-state index in [-0.39, 0.29) is 5.91 Å². The second kappa shape index (κ2) is 3.93. The Morgan fingerprint density at radius 2 is 1.93 bits per heavy atom. The predicted molar refractivity (Wildman–Crippen MR) is 61.1 cm³/mol. The highest BCUT2D eigenvalue weighted by Gasteiger charge is 2.18. The molecule has 1 heterocycles. The first-order valence-electron chi connectivity index (χ1n) is 5.26. The quantitative estimate of drug-likeness (QED) is 0.746. The summed E-state index contributed by atoms with van der Waals surface area (Å²) in [4.78, 5) is 13.5. The Hall–Kier alpha value is -1.51. The van der Waals surface area contributed by atoms with Gasteiger partial charge in [-0.2, -0.15) is 0 Å². The highest BCUT2D eigenvalue weighted by atomic mass is 16.2. The first-order valence-corrected chi connectivity index (χ1v) is 5.26. The van der Waals surface area contributed by atoms with Gasteiger partial charge in [-0.1, -0.05) is 18.2 Å². The third kappa shape index (κ3) is 1.96. The third-order valence-corrected chi connectivity index (χ3v) is 2.79. The van der Waals surface area contributed by atoms with Crippen LogP contribution in [0.1, 0.15) is 11.1 Å². The van der Waals surface area contributed by atoms with E-state index in [0.29, 0.717) is 6.54 Å². The summed E-state index contributed by atoms with van der Waals surface area (Å²) in [5.41, 5.74) is 3.70. The van der Waals surface area contributed by atoms with Crippen LogP contribution in [0.2, 0.25) is 0 Å². The fraction of sp³-hybridized carbons (Fsp3) is 0.417. The van der Waals surface area contributed by atoms with Crippen LogP contribution in [0.3, 0.4) is 0 Å². The lowest BCUT2D eigenvalue weighted by atomic mass is 10.1. The molecule has 2 rings (SSSR count). The van der Waals surface area contributed by atoms with E-state index in [2.05, 4.69) is 42.3 Å². The number of hydrogen-bond acceptors (Lipinski definition) is 2. The molecule has 0 bridgehead atoms. The summed E-state index contributed by atoms with van der Waals surface area (Å²) in [7, 11) is 0. The molecule has 0 unspecified atom stereocenters. The van der Waals surface area contributed by atoms with Gasteiger partial charge in [0, 0.05) is 18.8 Å². The second-order valence-corrected chi connectivity index (χ2v) is 4.01. The molecule has 0 radical (unpaired) electrons. The Morgan fingerprint density at radius 1 is 1.27 bits per heavy atom. The minimum Gasteiger partial charge on any atom is -0.360 e. The summed E-state index contributed by atoms with van der Waals surface area (Å²) in [5.74, 6) is 0.115. The van der Waals surface area contributed by atoms with Crippen molar-refractivity contribution in [2.45, 2.75) is 13.8 Å². The van der Waals surface area contributed by atoms with Gasteiger partial charge in [0.15, 0.2) is 0 Å². The average Bonchev–Trinajstić information content (AvgIpc) is 2.17. The largest absolute Gasteiger partial charge is 0.360 e. The molecule has 1 aliphatic heterocycles. The van der Waals surface area contributed by atoms with Gasteiger partial charge < -0.3 is 10.2 Å². The van der Waals surface area contributed by atoms with E-state index in [9.17, 15) is 4.79 Å². The lowest BCUT2D eigenvalue weighted by molar-refractivity contribution is -0.120. The van der Waals surface area contributed by atoms with Crippen molar-refractivity contribution in [2.24, 2.45) is 0 Å². The summed E-state index contributed by atoms with van der Waals surface area (Å²) < 4.78 is 0. The van der Waals surface area contributed by atoms with E-state index in [4.69, 9.17) is 0 Å². The number of nitrogens with zero attached hydrogens (tertiary/aromatic N) is 1. The van der Waals surface area contributed by atoms with Gasteiger partial charge in [0.25, 0.3) is 0 Å². The standard InChI is InChI=1S/C12H16N2O/c1-9-4-3-5-10(2)12(9)14-7-6-13-11(15)8-14/h3-5H,6-8H2,1-2H3,(H,13,15). The topological polar surface area (TPSA) is 32.3 Å². The van der Waals surface area contributed by atoms with Crippen molar-refractivity contribution in [3.63, 3.8) is 0 Å². The number of benzene rings is 1. The summed E-state index contributed by atoms with van der Waals surface area (Å²) in [5, 5.41) is 2.84. The van der Waals surface area contributed by atoms with Gasteiger partial charge in [0.1, 0.15) is 0 Å². The lowest BCUT2D eigenvalue weighted by Gasteiger charge is -2.31. The summed E-state index contributed by atoms with van der Waals surface area (Å²) in [6.07, 6.45) is 0. The van der Waals surface area contributed by atoms with Crippen LogP contribution in [0.25, 0.3) is 0 Å². The van der Waals surface area contributed by atoms with E-state index in [1.54, 1.807) is 0 Å². The summed E-state index contributed by atoms with van der Waals surface area (Å²) >= 11 is 0. The van der Waals surface area contributed by atoms with E-state index in [1.807, 2.05) is 0 Å². The van der Waals surface area contributed by atoms with Gasteiger partial charge in [-0.15, -0.1) is 0 Å². The Morgan fingerprint density at radius 3 is 2.53 bits per heavy atom. The molecule has 1 aliphatic rings. The van der Waals surface area contributed by atoms with E-state index in [1.165, 1.54) is 16.8 Å². The van der Waals surface area contributed by atoms with Crippen molar-refractivity contribution >= 4 is 11.6 Å². The van der Waals surface area contributed by atoms with Crippen LogP contribution in [-0.4, -0.2) is 25.5 Å². The number of rotatable bonds is 1. The smallest absolute Gasteiger partial charge is 0.239 e. The Kier molecular flexibility index (Phi) is 2.62. The predicted octanol–water partition coefficient (Wildman–Crippen LogP) is 1.24. The number of nitrogens with one attached hydrogen (secondary N) is 1. The first-order chi connectivity index (χ1) is 7.18. The summed E-state index contributed by atoms with van der Waals surface area (Å²) in [6.45, 7) is 6.30. The number of aryl methyl sites for hydroxylation is 2. The number of para-hydroxylation sites is 1. The molecule has 1 fully saturated rings. The van der Waals surface area contributed by atoms with E-state index < -0.39 is 0 Å². The Bertz CT molecular complexity index is 367. The number of anilines is 1. The molecule has 3 heteroatoms. The molecule has 0 spiro atoms. The molecule has 0 aromatic heterocycles. The van der Waals surface area contributed by atoms with Gasteiger partial charge in [-0.3, -0.25) is 4.79 Å². The zero-order chi connectivity index (χ0) is 10.8. The van der Waals surface area contributed by atoms with Crippen LogP contribution < -0.4 is 10.2 Å². The SMILES string of the molecule is Cc1cccc(C)c1N1CCNC(=O)C1. The highest BCUT2D eigenvalue weighted by molar-refractivity contribution is 5.83. The first kappa shape index (κ1) is 10.0. The molecular weight excluding hydrogens is 188 g/mol. The van der Waals surface area contributed by atoms with Crippen molar-refractivity contribution in [2.75, 3.05) is 24.5 Å². The molecule has 1 amide bonds. The molecule has 1 N–H and O–H groups in total.